The van der Waals surface area contributed by atoms with Crippen LogP contribution in [0.1, 0.15) is 22.4 Å². The highest BCUT2D eigenvalue weighted by Crippen LogP contribution is 2.39. The first-order valence-electron chi connectivity index (χ1n) is 11.4. The van der Waals surface area contributed by atoms with Gasteiger partial charge in [0.15, 0.2) is 0 Å². The molecule has 0 spiro atoms. The van der Waals surface area contributed by atoms with Crippen LogP contribution in [0.4, 0.5) is 30.4 Å². The highest BCUT2D eigenvalue weighted by atomic mass is 35.5. The predicted molar refractivity (Wildman–Crippen MR) is 138 cm³/mol. The van der Waals surface area contributed by atoms with E-state index < -0.39 is 11.7 Å². The molecule has 0 amide bonds. The van der Waals surface area contributed by atoms with E-state index in [1.165, 1.54) is 6.07 Å². The maximum absolute atomic E-state index is 14.0. The van der Waals surface area contributed by atoms with Crippen molar-refractivity contribution in [1.82, 2.24) is 20.3 Å². The van der Waals surface area contributed by atoms with Gasteiger partial charge in [-0.15, -0.1) is 0 Å². The van der Waals surface area contributed by atoms with Crippen molar-refractivity contribution in [3.8, 4) is 0 Å². The lowest BCUT2D eigenvalue weighted by Gasteiger charge is -2.31. The Morgan fingerprint density at radius 1 is 1.08 bits per heavy atom. The molecule has 0 unspecified atom stereocenters. The number of pyridine rings is 1. The molecule has 1 aliphatic heterocycles. The fourth-order valence-corrected chi connectivity index (χ4v) is 4.99. The molecule has 0 radical (unpaired) electrons. The lowest BCUT2D eigenvalue weighted by Crippen LogP contribution is -2.44. The zero-order valence-corrected chi connectivity index (χ0v) is 20.8. The van der Waals surface area contributed by atoms with Gasteiger partial charge in [-0.25, -0.2) is 9.97 Å². The Kier molecular flexibility index (Phi) is 6.72. The van der Waals surface area contributed by atoms with Gasteiger partial charge in [-0.1, -0.05) is 29.3 Å². The third kappa shape index (κ3) is 4.83. The van der Waals surface area contributed by atoms with Crippen LogP contribution in [0.25, 0.3) is 11.0 Å². The van der Waals surface area contributed by atoms with Crippen molar-refractivity contribution >= 4 is 51.4 Å². The number of benzene rings is 2. The molecule has 36 heavy (non-hydrogen) atoms. The molecule has 0 bridgehead atoms. The smallest absolute Gasteiger partial charge is 0.368 e. The van der Waals surface area contributed by atoms with Crippen molar-refractivity contribution in [2.24, 2.45) is 0 Å². The second-order valence-corrected chi connectivity index (χ2v) is 9.44. The van der Waals surface area contributed by atoms with E-state index in [-0.39, 0.29) is 11.4 Å². The first-order valence-corrected chi connectivity index (χ1v) is 12.2. The molecule has 6 nitrogen and oxygen atoms in total. The molecule has 3 N–H and O–H groups in total. The average molecular weight is 535 g/mol. The van der Waals surface area contributed by atoms with E-state index in [4.69, 9.17) is 28.2 Å². The Bertz CT molecular complexity index is 1390. The summed E-state index contributed by atoms with van der Waals surface area (Å²) in [6.07, 6.45) is -2.63. The van der Waals surface area contributed by atoms with E-state index in [2.05, 4.69) is 20.6 Å². The number of H-pyrrole nitrogens is 1. The summed E-state index contributed by atoms with van der Waals surface area (Å²) in [5, 5.41) is 7.27. The Morgan fingerprint density at radius 3 is 2.50 bits per heavy atom. The molecule has 5 rings (SSSR count). The minimum absolute atomic E-state index is 0.178. The first-order chi connectivity index (χ1) is 17.2. The number of nitrogens with one attached hydrogen (secondary N) is 3. The molecule has 0 aliphatic carbocycles. The number of nitrogens with zero attached hydrogens (tertiary/aromatic N) is 3. The molecule has 0 saturated carbocycles. The monoisotopic (exact) mass is 534 g/mol. The number of fused-ring (bicyclic) bond motifs is 1. The SMILES string of the molecule is Cc1c(Nc2ccc(N3CCNCC3)c(C(F)(F)F)c2)nc(Cc2c(Cl)cccc2Cl)c2nc[nH]c12. The van der Waals surface area contributed by atoms with E-state index in [1.54, 1.807) is 35.5 Å². The van der Waals surface area contributed by atoms with Crippen LogP contribution in [0.3, 0.4) is 0 Å². The van der Waals surface area contributed by atoms with Crippen molar-refractivity contribution in [2.45, 2.75) is 19.5 Å². The van der Waals surface area contributed by atoms with E-state index in [9.17, 15) is 13.2 Å². The molecule has 1 fully saturated rings. The van der Waals surface area contributed by atoms with Crippen LogP contribution < -0.4 is 15.5 Å². The summed E-state index contributed by atoms with van der Waals surface area (Å²) in [5.41, 5.74) is 3.21. The number of halogens is 5. The summed E-state index contributed by atoms with van der Waals surface area (Å²) in [7, 11) is 0. The number of anilines is 3. The maximum Gasteiger partial charge on any atom is 0.418 e. The topological polar surface area (TPSA) is 68.9 Å². The number of hydrogen-bond donors (Lipinski definition) is 3. The number of rotatable bonds is 5. The normalized spacial score (nSPS) is 14.4. The van der Waals surface area contributed by atoms with Crippen LogP contribution in [-0.2, 0) is 12.6 Å². The summed E-state index contributed by atoms with van der Waals surface area (Å²) in [4.78, 5) is 14.0. The van der Waals surface area contributed by atoms with Gasteiger partial charge in [0.1, 0.15) is 11.3 Å². The summed E-state index contributed by atoms with van der Waals surface area (Å²) < 4.78 is 42.1. The minimum Gasteiger partial charge on any atom is -0.368 e. The Hall–Kier alpha value is -3.01. The quantitative estimate of drug-likeness (QED) is 0.279. The number of aryl methyl sites for hydroxylation is 1. The molecule has 11 heteroatoms. The van der Waals surface area contributed by atoms with E-state index in [1.807, 2.05) is 6.92 Å². The molecule has 1 saturated heterocycles. The Labute approximate surface area is 215 Å². The Morgan fingerprint density at radius 2 is 1.81 bits per heavy atom. The van der Waals surface area contributed by atoms with E-state index in [0.29, 0.717) is 65.2 Å². The third-order valence-corrected chi connectivity index (χ3v) is 7.03. The lowest BCUT2D eigenvalue weighted by atomic mass is 10.1. The van der Waals surface area contributed by atoms with Gasteiger partial charge in [-0.05, 0) is 42.8 Å². The van der Waals surface area contributed by atoms with Gasteiger partial charge in [0.25, 0.3) is 0 Å². The van der Waals surface area contributed by atoms with E-state index in [0.717, 1.165) is 17.1 Å². The van der Waals surface area contributed by atoms with Crippen LogP contribution in [0, 0.1) is 6.92 Å². The molecule has 188 valence electrons. The average Bonchev–Trinajstić information content (AvgIpc) is 3.35. The van der Waals surface area contributed by atoms with Crippen molar-refractivity contribution in [2.75, 3.05) is 36.4 Å². The standard InChI is InChI=1S/C25H23Cl2F3N6/c1-14-22-23(33-13-32-22)20(12-16-18(26)3-2-4-19(16)27)35-24(14)34-15-5-6-21(17(11-15)25(28,29)30)36-9-7-31-8-10-36/h2-6,11,13,31H,7-10,12H2,1H3,(H,32,33)(H,34,35). The summed E-state index contributed by atoms with van der Waals surface area (Å²) in [6.45, 7) is 4.15. The largest absolute Gasteiger partial charge is 0.418 e. The molecular formula is C25H23Cl2F3N6. The number of alkyl halides is 3. The van der Waals surface area contributed by atoms with E-state index >= 15 is 0 Å². The Balaban J connectivity index is 1.54. The van der Waals surface area contributed by atoms with Gasteiger partial charge < -0.3 is 20.5 Å². The van der Waals surface area contributed by atoms with Crippen LogP contribution >= 0.6 is 23.2 Å². The second-order valence-electron chi connectivity index (χ2n) is 8.63. The molecule has 2 aromatic carbocycles. The van der Waals surface area contributed by atoms with Crippen LogP contribution in [-0.4, -0.2) is 41.1 Å². The van der Waals surface area contributed by atoms with Crippen molar-refractivity contribution in [3.05, 3.63) is 75.2 Å². The zero-order chi connectivity index (χ0) is 25.4. The number of piperazine rings is 1. The van der Waals surface area contributed by atoms with Crippen LogP contribution in [0.2, 0.25) is 10.0 Å². The number of imidazole rings is 1. The third-order valence-electron chi connectivity index (χ3n) is 6.32. The maximum atomic E-state index is 14.0. The van der Waals surface area contributed by atoms with Crippen LogP contribution in [0.15, 0.2) is 42.7 Å². The number of aromatic amines is 1. The van der Waals surface area contributed by atoms with Gasteiger partial charge >= 0.3 is 6.18 Å². The molecule has 3 heterocycles. The number of hydrogen-bond acceptors (Lipinski definition) is 5. The summed E-state index contributed by atoms with van der Waals surface area (Å²) in [6, 6.07) is 9.56. The molecule has 2 aromatic heterocycles. The molecule has 0 atom stereocenters. The summed E-state index contributed by atoms with van der Waals surface area (Å²) in [5.74, 6) is 0.424. The van der Waals surface area contributed by atoms with Gasteiger partial charge in [0.05, 0.1) is 23.1 Å². The number of aromatic nitrogens is 3. The summed E-state index contributed by atoms with van der Waals surface area (Å²) >= 11 is 12.7. The van der Waals surface area contributed by atoms with Crippen LogP contribution in [0.5, 0.6) is 0 Å². The molecule has 4 aromatic rings. The lowest BCUT2D eigenvalue weighted by molar-refractivity contribution is -0.137. The fourth-order valence-electron chi connectivity index (χ4n) is 4.46. The van der Waals surface area contributed by atoms with Gasteiger partial charge in [0.2, 0.25) is 0 Å². The second kappa shape index (κ2) is 9.80. The fraction of sp³-hybridized carbons (Fsp3) is 0.280. The molecule has 1 aliphatic rings. The highest BCUT2D eigenvalue weighted by Gasteiger charge is 2.35. The minimum atomic E-state index is -4.50. The van der Waals surface area contributed by atoms with Gasteiger partial charge in [-0.3, -0.25) is 0 Å². The zero-order valence-electron chi connectivity index (χ0n) is 19.3. The van der Waals surface area contributed by atoms with Crippen molar-refractivity contribution in [1.29, 1.82) is 0 Å². The predicted octanol–water partition coefficient (Wildman–Crippen LogP) is 6.34. The van der Waals surface area contributed by atoms with Crippen molar-refractivity contribution in [3.63, 3.8) is 0 Å². The first kappa shape index (κ1) is 24.7. The van der Waals surface area contributed by atoms with Gasteiger partial charge in [0, 0.05) is 59.6 Å². The highest BCUT2D eigenvalue weighted by molar-refractivity contribution is 6.36. The van der Waals surface area contributed by atoms with Gasteiger partial charge in [-0.2, -0.15) is 13.2 Å². The molecular weight excluding hydrogens is 512 g/mol. The van der Waals surface area contributed by atoms with Crippen molar-refractivity contribution < 1.29 is 13.2 Å².